The van der Waals surface area contributed by atoms with Gasteiger partial charge in [-0.05, 0) is 31.0 Å². The maximum atomic E-state index is 12.9. The Kier molecular flexibility index (Phi) is 5.40. The summed E-state index contributed by atoms with van der Waals surface area (Å²) in [6, 6.07) is 7.34. The average molecular weight is 354 g/mol. The quantitative estimate of drug-likeness (QED) is 0.647. The van der Waals surface area contributed by atoms with Gasteiger partial charge in [0.05, 0.1) is 6.54 Å². The molecule has 0 aliphatic heterocycles. The monoisotopic (exact) mass is 354 g/mol. The van der Waals surface area contributed by atoms with E-state index in [0.717, 1.165) is 12.1 Å². The molecule has 136 valence electrons. The fourth-order valence-corrected chi connectivity index (χ4v) is 2.60. The van der Waals surface area contributed by atoms with Crippen molar-refractivity contribution in [1.29, 1.82) is 0 Å². The Morgan fingerprint density at radius 3 is 2.73 bits per heavy atom. The number of aromatic nitrogens is 5. The third-order valence-electron chi connectivity index (χ3n) is 3.90. The van der Waals surface area contributed by atoms with E-state index >= 15 is 0 Å². The Balaban J connectivity index is 1.75. The minimum atomic E-state index is -0.0855. The normalized spacial score (nSPS) is 11.1. The van der Waals surface area contributed by atoms with Crippen molar-refractivity contribution >= 4 is 5.91 Å². The predicted octanol–water partition coefficient (Wildman–Crippen LogP) is 2.51. The van der Waals surface area contributed by atoms with Gasteiger partial charge in [0.15, 0.2) is 5.82 Å². The second-order valence-electron chi connectivity index (χ2n) is 6.44. The summed E-state index contributed by atoms with van der Waals surface area (Å²) in [6.45, 7) is 6.97. The van der Waals surface area contributed by atoms with E-state index in [2.05, 4.69) is 34.2 Å². The first-order chi connectivity index (χ1) is 12.6. The summed E-state index contributed by atoms with van der Waals surface area (Å²) in [5.74, 6) is 1.48. The molecular weight excluding hydrogens is 332 g/mol. The molecule has 0 saturated heterocycles. The van der Waals surface area contributed by atoms with E-state index in [1.807, 2.05) is 25.1 Å². The largest absolute Gasteiger partial charge is 0.339 e. The van der Waals surface area contributed by atoms with Crippen LogP contribution < -0.4 is 0 Å². The minimum absolute atomic E-state index is 0.0855. The molecule has 3 aromatic rings. The molecule has 1 amide bonds. The second-order valence-corrected chi connectivity index (χ2v) is 6.44. The molecule has 0 radical (unpaired) electrons. The maximum absolute atomic E-state index is 12.9. The van der Waals surface area contributed by atoms with Crippen LogP contribution in [0.3, 0.4) is 0 Å². The molecule has 0 unspecified atom stereocenters. The second kappa shape index (κ2) is 7.90. The first-order valence-electron chi connectivity index (χ1n) is 8.62. The van der Waals surface area contributed by atoms with Gasteiger partial charge in [-0.25, -0.2) is 0 Å². The average Bonchev–Trinajstić information content (AvgIpc) is 3.31. The molecule has 0 spiro atoms. The van der Waals surface area contributed by atoms with Crippen molar-refractivity contribution in [2.75, 3.05) is 6.54 Å². The van der Waals surface area contributed by atoms with E-state index in [9.17, 15) is 4.79 Å². The first-order valence-corrected chi connectivity index (χ1v) is 8.62. The smallest absolute Gasteiger partial charge is 0.254 e. The van der Waals surface area contributed by atoms with Gasteiger partial charge in [0.2, 0.25) is 5.89 Å². The molecule has 0 bridgehead atoms. The van der Waals surface area contributed by atoms with Crippen LogP contribution in [0.25, 0.3) is 5.69 Å². The van der Waals surface area contributed by atoms with Crippen molar-refractivity contribution in [1.82, 2.24) is 29.8 Å². The van der Waals surface area contributed by atoms with E-state index in [-0.39, 0.29) is 5.91 Å². The Morgan fingerprint density at radius 1 is 1.27 bits per heavy atom. The molecule has 2 aromatic heterocycles. The summed E-state index contributed by atoms with van der Waals surface area (Å²) in [7, 11) is 0. The molecule has 1 aromatic carbocycles. The third kappa shape index (κ3) is 4.14. The SMILES string of the molecule is CCN(Cc1noc(CC(C)C)n1)C(=O)c1cccc(-n2cnnc2)c1. The van der Waals surface area contributed by atoms with E-state index in [0.29, 0.717) is 36.3 Å². The molecule has 0 aliphatic rings. The minimum Gasteiger partial charge on any atom is -0.339 e. The van der Waals surface area contributed by atoms with Crippen molar-refractivity contribution in [3.8, 4) is 5.69 Å². The van der Waals surface area contributed by atoms with Crippen LogP contribution >= 0.6 is 0 Å². The number of hydrogen-bond acceptors (Lipinski definition) is 6. The standard InChI is InChI=1S/C18H22N6O2/c1-4-23(10-16-21-17(26-22-16)8-13(2)3)18(25)14-6-5-7-15(9-14)24-11-19-20-12-24/h5-7,9,11-13H,4,8,10H2,1-3H3. The number of carbonyl (C=O) groups excluding carboxylic acids is 1. The number of nitrogens with zero attached hydrogens (tertiary/aromatic N) is 6. The zero-order valence-corrected chi connectivity index (χ0v) is 15.2. The van der Waals surface area contributed by atoms with Gasteiger partial charge in [-0.15, -0.1) is 10.2 Å². The van der Waals surface area contributed by atoms with Crippen molar-refractivity contribution < 1.29 is 9.32 Å². The molecule has 0 fully saturated rings. The summed E-state index contributed by atoms with van der Waals surface area (Å²) in [5, 5.41) is 11.6. The van der Waals surface area contributed by atoms with Gasteiger partial charge in [0.25, 0.3) is 5.91 Å². The Bertz CT molecular complexity index is 856. The highest BCUT2D eigenvalue weighted by Crippen LogP contribution is 2.14. The van der Waals surface area contributed by atoms with E-state index in [1.165, 1.54) is 0 Å². The Morgan fingerprint density at radius 2 is 2.04 bits per heavy atom. The molecule has 0 saturated carbocycles. The van der Waals surface area contributed by atoms with Gasteiger partial charge in [0.1, 0.15) is 12.7 Å². The van der Waals surface area contributed by atoms with Crippen molar-refractivity contribution in [2.45, 2.75) is 33.7 Å². The fourth-order valence-electron chi connectivity index (χ4n) is 2.60. The van der Waals surface area contributed by atoms with Crippen LogP contribution in [-0.2, 0) is 13.0 Å². The number of hydrogen-bond donors (Lipinski definition) is 0. The van der Waals surface area contributed by atoms with Gasteiger partial charge in [-0.2, -0.15) is 4.98 Å². The lowest BCUT2D eigenvalue weighted by atomic mass is 10.1. The van der Waals surface area contributed by atoms with Crippen molar-refractivity contribution in [2.24, 2.45) is 5.92 Å². The van der Waals surface area contributed by atoms with E-state index < -0.39 is 0 Å². The molecule has 0 N–H and O–H groups in total. The van der Waals surface area contributed by atoms with Gasteiger partial charge >= 0.3 is 0 Å². The maximum Gasteiger partial charge on any atom is 0.254 e. The summed E-state index contributed by atoms with van der Waals surface area (Å²) in [6.07, 6.45) is 3.92. The van der Waals surface area contributed by atoms with Crippen LogP contribution in [0.15, 0.2) is 41.4 Å². The Labute approximate surface area is 151 Å². The number of benzene rings is 1. The lowest BCUT2D eigenvalue weighted by Crippen LogP contribution is -2.30. The van der Waals surface area contributed by atoms with Crippen LogP contribution in [-0.4, -0.2) is 42.3 Å². The predicted molar refractivity (Wildman–Crippen MR) is 94.6 cm³/mol. The fraction of sp³-hybridized carbons (Fsp3) is 0.389. The highest BCUT2D eigenvalue weighted by molar-refractivity contribution is 5.94. The van der Waals surface area contributed by atoms with E-state index in [1.54, 1.807) is 28.2 Å². The van der Waals surface area contributed by atoms with E-state index in [4.69, 9.17) is 4.52 Å². The first kappa shape index (κ1) is 17.8. The highest BCUT2D eigenvalue weighted by atomic mass is 16.5. The van der Waals surface area contributed by atoms with Gasteiger partial charge in [0, 0.05) is 24.2 Å². The molecule has 2 heterocycles. The molecule has 3 rings (SSSR count). The molecule has 8 heteroatoms. The lowest BCUT2D eigenvalue weighted by molar-refractivity contribution is 0.0747. The molecule has 0 atom stereocenters. The van der Waals surface area contributed by atoms with Gasteiger partial charge in [-0.3, -0.25) is 9.36 Å². The molecular formula is C18H22N6O2. The summed E-state index contributed by atoms with van der Waals surface area (Å²) in [5.41, 5.74) is 1.42. The molecule has 0 aliphatic carbocycles. The van der Waals surface area contributed by atoms with Gasteiger partial charge < -0.3 is 9.42 Å². The third-order valence-corrected chi connectivity index (χ3v) is 3.90. The summed E-state index contributed by atoms with van der Waals surface area (Å²) < 4.78 is 7.01. The number of amides is 1. The van der Waals surface area contributed by atoms with Crippen LogP contribution in [0.4, 0.5) is 0 Å². The molecule has 26 heavy (non-hydrogen) atoms. The zero-order valence-electron chi connectivity index (χ0n) is 15.2. The molecule has 8 nitrogen and oxygen atoms in total. The summed E-state index contributed by atoms with van der Waals surface area (Å²) in [4.78, 5) is 19.0. The van der Waals surface area contributed by atoms with Crippen molar-refractivity contribution in [3.05, 3.63) is 54.2 Å². The zero-order chi connectivity index (χ0) is 18.5. The number of rotatable bonds is 7. The van der Waals surface area contributed by atoms with Crippen molar-refractivity contribution in [3.63, 3.8) is 0 Å². The van der Waals surface area contributed by atoms with Crippen LogP contribution in [0.2, 0.25) is 0 Å². The van der Waals surface area contributed by atoms with Crippen LogP contribution in [0.1, 0.15) is 42.8 Å². The highest BCUT2D eigenvalue weighted by Gasteiger charge is 2.18. The van der Waals surface area contributed by atoms with Crippen LogP contribution in [0, 0.1) is 5.92 Å². The number of carbonyl (C=O) groups is 1. The summed E-state index contributed by atoms with van der Waals surface area (Å²) >= 11 is 0. The van der Waals surface area contributed by atoms with Gasteiger partial charge in [-0.1, -0.05) is 25.1 Å². The lowest BCUT2D eigenvalue weighted by Gasteiger charge is -2.19. The Hall–Kier alpha value is -3.03. The van der Waals surface area contributed by atoms with Crippen LogP contribution in [0.5, 0.6) is 0 Å². The topological polar surface area (TPSA) is 89.9 Å².